The fourth-order valence-corrected chi connectivity index (χ4v) is 2.35. The van der Waals surface area contributed by atoms with Gasteiger partial charge in [-0.1, -0.05) is 26.0 Å². The summed E-state index contributed by atoms with van der Waals surface area (Å²) in [7, 11) is 0. The van der Waals surface area contributed by atoms with Crippen molar-refractivity contribution in [1.29, 1.82) is 0 Å². The van der Waals surface area contributed by atoms with Gasteiger partial charge in [-0.25, -0.2) is 0 Å². The maximum atomic E-state index is 12.6. The molecular formula is C16H22F3NO. The van der Waals surface area contributed by atoms with Gasteiger partial charge in [0.05, 0.1) is 5.56 Å². The molecule has 0 aliphatic rings. The van der Waals surface area contributed by atoms with Crippen molar-refractivity contribution in [2.75, 3.05) is 6.54 Å². The second-order valence-corrected chi connectivity index (χ2v) is 5.62. The van der Waals surface area contributed by atoms with Crippen molar-refractivity contribution < 1.29 is 18.0 Å². The average molecular weight is 301 g/mol. The van der Waals surface area contributed by atoms with E-state index in [1.165, 1.54) is 12.1 Å². The van der Waals surface area contributed by atoms with Crippen LogP contribution >= 0.6 is 0 Å². The largest absolute Gasteiger partial charge is 0.416 e. The molecule has 0 spiro atoms. The van der Waals surface area contributed by atoms with Crippen molar-refractivity contribution in [2.45, 2.75) is 39.3 Å². The van der Waals surface area contributed by atoms with Crippen LogP contribution < -0.4 is 5.73 Å². The summed E-state index contributed by atoms with van der Waals surface area (Å²) in [5, 5.41) is 0. The van der Waals surface area contributed by atoms with Gasteiger partial charge in [0.1, 0.15) is 0 Å². The molecule has 21 heavy (non-hydrogen) atoms. The molecule has 2 nitrogen and oxygen atoms in total. The summed E-state index contributed by atoms with van der Waals surface area (Å²) in [6.45, 7) is 4.69. The summed E-state index contributed by atoms with van der Waals surface area (Å²) in [6, 6.07) is 4.61. The first-order valence-electron chi connectivity index (χ1n) is 7.16. The smallest absolute Gasteiger partial charge is 0.330 e. The molecular weight excluding hydrogens is 279 g/mol. The number of hydrogen-bond donors (Lipinski definition) is 1. The number of Topliss-reactive ketones (excluding diaryl/α,β-unsaturated/α-hetero) is 1. The average Bonchev–Trinajstić information content (AvgIpc) is 2.42. The molecule has 5 heteroatoms. The number of halogens is 3. The van der Waals surface area contributed by atoms with Crippen molar-refractivity contribution in [3.8, 4) is 0 Å². The fraction of sp³-hybridized carbons (Fsp3) is 0.562. The van der Waals surface area contributed by atoms with E-state index in [4.69, 9.17) is 5.73 Å². The lowest BCUT2D eigenvalue weighted by molar-refractivity contribution is -0.137. The molecule has 0 bridgehead atoms. The minimum absolute atomic E-state index is 0.125. The highest BCUT2D eigenvalue weighted by Gasteiger charge is 2.30. The standard InChI is InChI=1S/C16H22F3NO/c1-11(2)12(8-9-20)6-7-15(21)13-4-3-5-14(10-13)16(17,18)19/h3-5,10-12H,6-9,20H2,1-2H3. The predicted octanol–water partition coefficient (Wildman–Crippen LogP) is 4.29. The molecule has 118 valence electrons. The van der Waals surface area contributed by atoms with Gasteiger partial charge in [-0.3, -0.25) is 4.79 Å². The first kappa shape index (κ1) is 17.7. The van der Waals surface area contributed by atoms with Crippen molar-refractivity contribution in [3.05, 3.63) is 35.4 Å². The zero-order valence-corrected chi connectivity index (χ0v) is 12.4. The lowest BCUT2D eigenvalue weighted by Crippen LogP contribution is -2.16. The molecule has 0 radical (unpaired) electrons. The van der Waals surface area contributed by atoms with E-state index in [-0.39, 0.29) is 17.8 Å². The van der Waals surface area contributed by atoms with Gasteiger partial charge in [-0.05, 0) is 43.4 Å². The summed E-state index contributed by atoms with van der Waals surface area (Å²) in [6.07, 6.45) is -2.68. The highest BCUT2D eigenvalue weighted by atomic mass is 19.4. The van der Waals surface area contributed by atoms with Crippen LogP contribution in [0, 0.1) is 11.8 Å². The Morgan fingerprint density at radius 3 is 2.43 bits per heavy atom. The maximum Gasteiger partial charge on any atom is 0.416 e. The van der Waals surface area contributed by atoms with E-state index in [1.54, 1.807) is 0 Å². The Hall–Kier alpha value is -1.36. The quantitative estimate of drug-likeness (QED) is 0.763. The monoisotopic (exact) mass is 301 g/mol. The van der Waals surface area contributed by atoms with Crippen LogP contribution in [0.15, 0.2) is 24.3 Å². The van der Waals surface area contributed by atoms with Crippen molar-refractivity contribution in [2.24, 2.45) is 17.6 Å². The van der Waals surface area contributed by atoms with Crippen LogP contribution in [-0.4, -0.2) is 12.3 Å². The first-order chi connectivity index (χ1) is 9.75. The Morgan fingerprint density at radius 2 is 1.90 bits per heavy atom. The molecule has 1 rings (SSSR count). The summed E-state index contributed by atoms with van der Waals surface area (Å²) >= 11 is 0. The molecule has 1 unspecified atom stereocenters. The van der Waals surface area contributed by atoms with E-state index >= 15 is 0 Å². The Bertz CT molecular complexity index is 469. The third-order valence-corrected chi connectivity index (χ3v) is 3.73. The maximum absolute atomic E-state index is 12.6. The second kappa shape index (κ2) is 7.59. The van der Waals surface area contributed by atoms with E-state index in [0.717, 1.165) is 18.6 Å². The van der Waals surface area contributed by atoms with Gasteiger partial charge in [-0.15, -0.1) is 0 Å². The molecule has 1 aromatic rings. The summed E-state index contributed by atoms with van der Waals surface area (Å²) in [4.78, 5) is 12.1. The highest BCUT2D eigenvalue weighted by molar-refractivity contribution is 5.96. The van der Waals surface area contributed by atoms with Crippen LogP contribution in [0.4, 0.5) is 13.2 Å². The van der Waals surface area contributed by atoms with E-state index in [0.29, 0.717) is 24.8 Å². The summed E-state index contributed by atoms with van der Waals surface area (Å²) in [5.41, 5.74) is 4.89. The molecule has 0 heterocycles. The third-order valence-electron chi connectivity index (χ3n) is 3.73. The molecule has 2 N–H and O–H groups in total. The number of carbonyl (C=O) groups excluding carboxylic acids is 1. The topological polar surface area (TPSA) is 43.1 Å². The van der Waals surface area contributed by atoms with Gasteiger partial charge in [0.2, 0.25) is 0 Å². The number of alkyl halides is 3. The van der Waals surface area contributed by atoms with Gasteiger partial charge in [-0.2, -0.15) is 13.2 Å². The fourth-order valence-electron chi connectivity index (χ4n) is 2.35. The van der Waals surface area contributed by atoms with Gasteiger partial charge in [0, 0.05) is 12.0 Å². The lowest BCUT2D eigenvalue weighted by Gasteiger charge is -2.19. The second-order valence-electron chi connectivity index (χ2n) is 5.62. The van der Waals surface area contributed by atoms with Crippen LogP contribution in [0.3, 0.4) is 0 Å². The van der Waals surface area contributed by atoms with Crippen LogP contribution in [0.25, 0.3) is 0 Å². The molecule has 0 saturated carbocycles. The molecule has 1 aromatic carbocycles. The zero-order chi connectivity index (χ0) is 16.0. The molecule has 0 saturated heterocycles. The SMILES string of the molecule is CC(C)C(CCN)CCC(=O)c1cccc(C(F)(F)F)c1. The van der Waals surface area contributed by atoms with Crippen LogP contribution in [0.2, 0.25) is 0 Å². The number of ketones is 1. The molecule has 0 aliphatic heterocycles. The van der Waals surface area contributed by atoms with Crippen molar-refractivity contribution >= 4 is 5.78 Å². The number of carbonyl (C=O) groups is 1. The van der Waals surface area contributed by atoms with Crippen molar-refractivity contribution in [1.82, 2.24) is 0 Å². The molecule has 0 aromatic heterocycles. The highest BCUT2D eigenvalue weighted by Crippen LogP contribution is 2.30. The molecule has 0 aliphatic carbocycles. The molecule has 0 fully saturated rings. The Balaban J connectivity index is 2.72. The minimum Gasteiger partial charge on any atom is -0.330 e. The Labute approximate surface area is 123 Å². The van der Waals surface area contributed by atoms with Crippen molar-refractivity contribution in [3.63, 3.8) is 0 Å². The number of nitrogens with two attached hydrogens (primary N) is 1. The third kappa shape index (κ3) is 5.50. The van der Waals surface area contributed by atoms with Crippen LogP contribution in [0.1, 0.15) is 49.0 Å². The molecule has 1 atom stereocenters. The molecule has 0 amide bonds. The zero-order valence-electron chi connectivity index (χ0n) is 12.4. The van der Waals surface area contributed by atoms with Crippen LogP contribution in [-0.2, 0) is 6.18 Å². The normalized spacial score (nSPS) is 13.5. The van der Waals surface area contributed by atoms with Gasteiger partial charge in [0.15, 0.2) is 5.78 Å². The van der Waals surface area contributed by atoms with E-state index in [2.05, 4.69) is 13.8 Å². The number of benzene rings is 1. The Kier molecular flexibility index (Phi) is 6.40. The van der Waals surface area contributed by atoms with Crippen LogP contribution in [0.5, 0.6) is 0 Å². The predicted molar refractivity (Wildman–Crippen MR) is 77.0 cm³/mol. The summed E-state index contributed by atoms with van der Waals surface area (Å²) in [5.74, 6) is 0.483. The van der Waals surface area contributed by atoms with Gasteiger partial charge in [0.25, 0.3) is 0 Å². The Morgan fingerprint density at radius 1 is 1.24 bits per heavy atom. The minimum atomic E-state index is -4.42. The van der Waals surface area contributed by atoms with E-state index in [1.807, 2.05) is 0 Å². The number of hydrogen-bond acceptors (Lipinski definition) is 2. The van der Waals surface area contributed by atoms with E-state index in [9.17, 15) is 18.0 Å². The first-order valence-corrected chi connectivity index (χ1v) is 7.16. The van der Waals surface area contributed by atoms with Gasteiger partial charge < -0.3 is 5.73 Å². The van der Waals surface area contributed by atoms with E-state index < -0.39 is 11.7 Å². The van der Waals surface area contributed by atoms with Gasteiger partial charge >= 0.3 is 6.18 Å². The summed E-state index contributed by atoms with van der Waals surface area (Å²) < 4.78 is 37.9. The lowest BCUT2D eigenvalue weighted by atomic mass is 9.87. The number of rotatable bonds is 7.